The van der Waals surface area contributed by atoms with E-state index in [1.54, 1.807) is 0 Å². The van der Waals surface area contributed by atoms with Crippen LogP contribution in [0.2, 0.25) is 0 Å². The average Bonchev–Trinajstić information content (AvgIpc) is 3.28. The van der Waals surface area contributed by atoms with Crippen molar-refractivity contribution in [3.05, 3.63) is 11.3 Å². The molecule has 0 rings (SSSR count). The van der Waals surface area contributed by atoms with Gasteiger partial charge in [0, 0.05) is 12.8 Å². The van der Waals surface area contributed by atoms with E-state index in [1.807, 2.05) is 6.92 Å². The lowest BCUT2D eigenvalue weighted by Crippen LogP contribution is -2.17. The molecule has 0 aliphatic carbocycles. The molecule has 6 nitrogen and oxygen atoms in total. The summed E-state index contributed by atoms with van der Waals surface area (Å²) in [4.78, 5) is 49.0. The van der Waals surface area contributed by atoms with Crippen LogP contribution in [0.4, 0.5) is 0 Å². The summed E-state index contributed by atoms with van der Waals surface area (Å²) in [7, 11) is 0. The van der Waals surface area contributed by atoms with Gasteiger partial charge in [0.15, 0.2) is 0 Å². The second-order valence-corrected chi connectivity index (χ2v) is 19.3. The van der Waals surface area contributed by atoms with Crippen molar-refractivity contribution in [2.75, 3.05) is 0 Å². The quantitative estimate of drug-likeness (QED) is 0.0151. The van der Waals surface area contributed by atoms with Gasteiger partial charge in [-0.15, -0.1) is 0 Å². The second-order valence-electron chi connectivity index (χ2n) is 19.3. The Labute approximate surface area is 392 Å². The molecule has 0 aromatic rings. The molecule has 0 aromatic carbocycles. The SMILES string of the molecule is CCCCCCCCCCCCCCCCCC(=O)OOC(=O)/C(CCCCCCCCCCCCCCCC)=C(/CC)OC(=O)CCCCCCCCCCCCCCCCC. The molecule has 0 radical (unpaired) electrons. The molecule has 0 aromatic heterocycles. The van der Waals surface area contributed by atoms with Crippen molar-refractivity contribution in [3.63, 3.8) is 0 Å². The fraction of sp³-hybridized carbons (Fsp3) is 0.912. The summed E-state index contributed by atoms with van der Waals surface area (Å²) in [5.74, 6) is -1.15. The van der Waals surface area contributed by atoms with Crippen LogP contribution in [0.3, 0.4) is 0 Å². The van der Waals surface area contributed by atoms with Crippen LogP contribution in [0.1, 0.15) is 336 Å². The molecule has 0 fully saturated rings. The van der Waals surface area contributed by atoms with Crippen molar-refractivity contribution in [1.82, 2.24) is 0 Å². The summed E-state index contributed by atoms with van der Waals surface area (Å²) in [6.45, 7) is 8.72. The van der Waals surface area contributed by atoms with Gasteiger partial charge in [-0.3, -0.25) is 4.79 Å². The third-order valence-corrected chi connectivity index (χ3v) is 13.1. The Bertz CT molecular complexity index is 1020. The Morgan fingerprint density at radius 1 is 0.270 bits per heavy atom. The maximum Gasteiger partial charge on any atom is 0.385 e. The number of hydrogen-bond donors (Lipinski definition) is 0. The first-order chi connectivity index (χ1) is 31.0. The van der Waals surface area contributed by atoms with Crippen molar-refractivity contribution >= 4 is 17.9 Å². The molecule has 0 heterocycles. The molecular weight excluding hydrogens is 781 g/mol. The fourth-order valence-corrected chi connectivity index (χ4v) is 8.84. The summed E-state index contributed by atoms with van der Waals surface area (Å²) < 4.78 is 5.84. The molecule has 0 spiro atoms. The molecule has 0 saturated carbocycles. The summed E-state index contributed by atoms with van der Waals surface area (Å²) in [6.07, 6.45) is 57.1. The van der Waals surface area contributed by atoms with Gasteiger partial charge in [0.1, 0.15) is 5.76 Å². The highest BCUT2D eigenvalue weighted by Crippen LogP contribution is 2.23. The second kappa shape index (κ2) is 51.1. The zero-order valence-corrected chi connectivity index (χ0v) is 42.9. The predicted octanol–water partition coefficient (Wildman–Crippen LogP) is 19.6. The fourth-order valence-electron chi connectivity index (χ4n) is 8.84. The first-order valence-electron chi connectivity index (χ1n) is 28.3. The van der Waals surface area contributed by atoms with Crippen LogP contribution in [0.15, 0.2) is 11.3 Å². The summed E-state index contributed by atoms with van der Waals surface area (Å²) in [5, 5.41) is 0. The van der Waals surface area contributed by atoms with Gasteiger partial charge in [0.05, 0.1) is 12.0 Å². The molecule has 0 bridgehead atoms. The van der Waals surface area contributed by atoms with Crippen LogP contribution >= 0.6 is 0 Å². The van der Waals surface area contributed by atoms with Gasteiger partial charge in [-0.2, -0.15) is 0 Å². The smallest absolute Gasteiger partial charge is 0.385 e. The highest BCUT2D eigenvalue weighted by atomic mass is 17.2. The lowest BCUT2D eigenvalue weighted by atomic mass is 10.0. The van der Waals surface area contributed by atoms with E-state index in [9.17, 15) is 14.4 Å². The van der Waals surface area contributed by atoms with Crippen molar-refractivity contribution in [3.8, 4) is 0 Å². The number of allylic oxidation sites excluding steroid dienone is 1. The van der Waals surface area contributed by atoms with E-state index < -0.39 is 11.9 Å². The molecule has 0 N–H and O–H groups in total. The van der Waals surface area contributed by atoms with Gasteiger partial charge in [0.2, 0.25) is 0 Å². The molecule has 0 amide bonds. The Morgan fingerprint density at radius 2 is 0.508 bits per heavy atom. The van der Waals surface area contributed by atoms with Gasteiger partial charge < -0.3 is 4.74 Å². The van der Waals surface area contributed by atoms with Crippen molar-refractivity contribution in [1.29, 1.82) is 0 Å². The Balaban J connectivity index is 4.60. The number of esters is 1. The molecule has 372 valence electrons. The highest BCUT2D eigenvalue weighted by molar-refractivity contribution is 5.89. The van der Waals surface area contributed by atoms with Crippen LogP contribution in [0.5, 0.6) is 0 Å². The van der Waals surface area contributed by atoms with Crippen LogP contribution in [0.25, 0.3) is 0 Å². The van der Waals surface area contributed by atoms with Gasteiger partial charge in [-0.05, 0) is 25.7 Å². The Kier molecular flexibility index (Phi) is 49.6. The lowest BCUT2D eigenvalue weighted by molar-refractivity contribution is -0.256. The number of unbranched alkanes of at least 4 members (excludes halogenated alkanes) is 41. The molecule has 63 heavy (non-hydrogen) atoms. The van der Waals surface area contributed by atoms with Crippen molar-refractivity contribution < 1.29 is 28.9 Å². The topological polar surface area (TPSA) is 78.9 Å². The van der Waals surface area contributed by atoms with E-state index in [0.29, 0.717) is 30.6 Å². The minimum absolute atomic E-state index is 0.235. The number of carbonyl (C=O) groups excluding carboxylic acids is 3. The van der Waals surface area contributed by atoms with E-state index in [2.05, 4.69) is 20.8 Å². The van der Waals surface area contributed by atoms with E-state index in [-0.39, 0.29) is 12.4 Å². The number of hydrogen-bond acceptors (Lipinski definition) is 6. The number of rotatable bonds is 50. The number of carbonyl (C=O) groups is 3. The molecule has 0 atom stereocenters. The first kappa shape index (κ1) is 61.1. The summed E-state index contributed by atoms with van der Waals surface area (Å²) in [6, 6.07) is 0. The average molecular weight is 889 g/mol. The normalized spacial score (nSPS) is 11.8. The monoisotopic (exact) mass is 889 g/mol. The summed E-state index contributed by atoms with van der Waals surface area (Å²) >= 11 is 0. The Morgan fingerprint density at radius 3 is 0.778 bits per heavy atom. The van der Waals surface area contributed by atoms with E-state index in [0.717, 1.165) is 57.8 Å². The maximum absolute atomic E-state index is 13.4. The zero-order valence-electron chi connectivity index (χ0n) is 42.9. The van der Waals surface area contributed by atoms with E-state index >= 15 is 0 Å². The van der Waals surface area contributed by atoms with Gasteiger partial charge in [-0.1, -0.05) is 291 Å². The molecule has 0 saturated heterocycles. The molecule has 0 aliphatic rings. The van der Waals surface area contributed by atoms with Crippen LogP contribution in [-0.4, -0.2) is 17.9 Å². The van der Waals surface area contributed by atoms with Crippen LogP contribution in [0, 0.1) is 0 Å². The van der Waals surface area contributed by atoms with Gasteiger partial charge >= 0.3 is 17.9 Å². The van der Waals surface area contributed by atoms with Gasteiger partial charge in [-0.25, -0.2) is 19.4 Å². The minimum Gasteiger partial charge on any atom is -0.431 e. The van der Waals surface area contributed by atoms with Crippen LogP contribution < -0.4 is 0 Å². The molecule has 0 aliphatic heterocycles. The maximum atomic E-state index is 13.4. The lowest BCUT2D eigenvalue weighted by Gasteiger charge is -2.13. The molecule has 6 heteroatoms. The molecular formula is C57H108O6. The van der Waals surface area contributed by atoms with Crippen molar-refractivity contribution in [2.45, 2.75) is 336 Å². The van der Waals surface area contributed by atoms with E-state index in [4.69, 9.17) is 14.5 Å². The van der Waals surface area contributed by atoms with E-state index in [1.165, 1.54) is 225 Å². The highest BCUT2D eigenvalue weighted by Gasteiger charge is 2.22. The third-order valence-electron chi connectivity index (χ3n) is 13.1. The third kappa shape index (κ3) is 45.1. The Hall–Kier alpha value is -1.85. The molecule has 0 unspecified atom stereocenters. The minimum atomic E-state index is -0.703. The predicted molar refractivity (Wildman–Crippen MR) is 270 cm³/mol. The largest absolute Gasteiger partial charge is 0.431 e. The first-order valence-corrected chi connectivity index (χ1v) is 28.3. The standard InChI is InChI=1S/C57H108O6/c1-5-9-12-15-18-21-24-27-30-33-36-39-42-45-48-51-55(58)61-54(8-4)53(50-47-44-41-38-35-32-29-26-23-20-17-14-11-7-3)57(60)63-62-56(59)52-49-46-43-40-37-34-31-28-25-22-19-16-13-10-6-2/h5-52H2,1-4H3/b54-53-. The number of ether oxygens (including phenoxy) is 1. The van der Waals surface area contributed by atoms with Crippen molar-refractivity contribution in [2.24, 2.45) is 0 Å². The summed E-state index contributed by atoms with van der Waals surface area (Å²) in [5.41, 5.74) is 0.334. The van der Waals surface area contributed by atoms with Gasteiger partial charge in [0.25, 0.3) is 0 Å². The van der Waals surface area contributed by atoms with Crippen LogP contribution in [-0.2, 0) is 28.9 Å². The zero-order chi connectivity index (χ0) is 45.9.